The standard InChI is InChI=1S/C18H28N4/c1-3-14-10-16(11-15(14)4-2)17(12-19)18(21-13-20)22-8-6-5-7-9-22/h14-17H,3-11H2,1-2H3/b21-18-. The first kappa shape index (κ1) is 16.8. The first-order valence-corrected chi connectivity index (χ1v) is 8.86. The van der Waals surface area contributed by atoms with E-state index in [4.69, 9.17) is 5.26 Å². The summed E-state index contributed by atoms with van der Waals surface area (Å²) >= 11 is 0. The Hall–Kier alpha value is -1.55. The van der Waals surface area contributed by atoms with E-state index in [0.717, 1.165) is 56.4 Å². The van der Waals surface area contributed by atoms with Crippen molar-refractivity contribution in [3.63, 3.8) is 0 Å². The number of hydrogen-bond acceptors (Lipinski definition) is 3. The number of amidine groups is 1. The summed E-state index contributed by atoms with van der Waals surface area (Å²) in [4.78, 5) is 6.29. The topological polar surface area (TPSA) is 63.2 Å². The molecule has 0 aromatic heterocycles. The van der Waals surface area contributed by atoms with E-state index in [2.05, 4.69) is 29.8 Å². The highest BCUT2D eigenvalue weighted by Crippen LogP contribution is 2.44. The van der Waals surface area contributed by atoms with Crippen molar-refractivity contribution < 1.29 is 0 Å². The second kappa shape index (κ2) is 8.18. The van der Waals surface area contributed by atoms with Gasteiger partial charge in [0.15, 0.2) is 0 Å². The summed E-state index contributed by atoms with van der Waals surface area (Å²) in [5.41, 5.74) is 0. The molecule has 0 N–H and O–H groups in total. The molecule has 1 aliphatic heterocycles. The molecule has 0 spiro atoms. The Bertz CT molecular complexity index is 452. The third-order valence-corrected chi connectivity index (χ3v) is 5.66. The van der Waals surface area contributed by atoms with Gasteiger partial charge in [0.25, 0.3) is 0 Å². The SMILES string of the molecule is CCC1CC(C(C#N)/C(=N/C#N)N2CCCCC2)CC1CC. The molecule has 0 aromatic rings. The first-order chi connectivity index (χ1) is 10.7. The van der Waals surface area contributed by atoms with Crippen molar-refractivity contribution in [2.45, 2.75) is 58.8 Å². The first-order valence-electron chi connectivity index (χ1n) is 8.86. The normalized spacial score (nSPS) is 30.6. The molecule has 0 aromatic carbocycles. The van der Waals surface area contributed by atoms with E-state index in [1.807, 2.05) is 6.19 Å². The van der Waals surface area contributed by atoms with E-state index in [1.54, 1.807) is 0 Å². The van der Waals surface area contributed by atoms with Gasteiger partial charge in [0.2, 0.25) is 6.19 Å². The van der Waals surface area contributed by atoms with Crippen LogP contribution in [0.4, 0.5) is 0 Å². The molecule has 2 fully saturated rings. The molecular weight excluding hydrogens is 272 g/mol. The highest BCUT2D eigenvalue weighted by molar-refractivity contribution is 5.88. The second-order valence-electron chi connectivity index (χ2n) is 6.79. The van der Waals surface area contributed by atoms with E-state index in [1.165, 1.54) is 19.3 Å². The number of piperidine rings is 1. The molecular formula is C18H28N4. The summed E-state index contributed by atoms with van der Waals surface area (Å²) in [6, 6.07) is 2.49. The van der Waals surface area contributed by atoms with Crippen molar-refractivity contribution in [3.8, 4) is 12.3 Å². The Balaban J connectivity index is 2.16. The average Bonchev–Trinajstić information content (AvgIpc) is 2.98. The van der Waals surface area contributed by atoms with Crippen LogP contribution in [0, 0.1) is 46.5 Å². The minimum atomic E-state index is -0.205. The third kappa shape index (κ3) is 3.61. The lowest BCUT2D eigenvalue weighted by Crippen LogP contribution is -2.41. The van der Waals surface area contributed by atoms with Crippen molar-refractivity contribution in [1.82, 2.24) is 4.90 Å². The van der Waals surface area contributed by atoms with Gasteiger partial charge in [-0.3, -0.25) is 0 Å². The molecule has 3 atom stereocenters. The van der Waals surface area contributed by atoms with Crippen LogP contribution >= 0.6 is 0 Å². The monoisotopic (exact) mass is 300 g/mol. The van der Waals surface area contributed by atoms with Crippen molar-refractivity contribution in [2.24, 2.45) is 28.7 Å². The van der Waals surface area contributed by atoms with Gasteiger partial charge in [0, 0.05) is 13.1 Å². The van der Waals surface area contributed by atoms with Crippen LogP contribution in [-0.4, -0.2) is 23.8 Å². The fourth-order valence-electron chi connectivity index (χ4n) is 4.42. The van der Waals surface area contributed by atoms with Gasteiger partial charge in [0.05, 0.1) is 6.07 Å². The Morgan fingerprint density at radius 1 is 1.09 bits per heavy atom. The molecule has 22 heavy (non-hydrogen) atoms. The highest BCUT2D eigenvalue weighted by Gasteiger charge is 2.39. The smallest absolute Gasteiger partial charge is 0.207 e. The van der Waals surface area contributed by atoms with Gasteiger partial charge in [-0.2, -0.15) is 15.5 Å². The summed E-state index contributed by atoms with van der Waals surface area (Å²) in [7, 11) is 0. The van der Waals surface area contributed by atoms with Crippen LogP contribution in [0.2, 0.25) is 0 Å². The van der Waals surface area contributed by atoms with Gasteiger partial charge in [-0.25, -0.2) is 0 Å². The van der Waals surface area contributed by atoms with Crippen molar-refractivity contribution >= 4 is 5.84 Å². The van der Waals surface area contributed by atoms with Crippen LogP contribution in [0.15, 0.2) is 4.99 Å². The molecule has 0 radical (unpaired) electrons. The van der Waals surface area contributed by atoms with Crippen LogP contribution in [0.1, 0.15) is 58.8 Å². The molecule has 4 heteroatoms. The maximum Gasteiger partial charge on any atom is 0.207 e. The van der Waals surface area contributed by atoms with Crippen molar-refractivity contribution in [2.75, 3.05) is 13.1 Å². The zero-order valence-corrected chi connectivity index (χ0v) is 14.0. The Labute approximate surface area is 134 Å². The quantitative estimate of drug-likeness (QED) is 0.448. The summed E-state index contributed by atoms with van der Waals surface area (Å²) in [5, 5.41) is 18.8. The zero-order chi connectivity index (χ0) is 15.9. The number of nitriles is 2. The maximum atomic E-state index is 9.77. The number of nitrogens with zero attached hydrogens (tertiary/aromatic N) is 4. The lowest BCUT2D eigenvalue weighted by atomic mass is 9.88. The van der Waals surface area contributed by atoms with Crippen LogP contribution in [0.3, 0.4) is 0 Å². The van der Waals surface area contributed by atoms with Crippen molar-refractivity contribution in [1.29, 1.82) is 10.5 Å². The number of hydrogen-bond donors (Lipinski definition) is 0. The van der Waals surface area contributed by atoms with Crippen LogP contribution in [-0.2, 0) is 0 Å². The summed E-state index contributed by atoms with van der Waals surface area (Å²) in [6.45, 7) is 6.40. The van der Waals surface area contributed by atoms with E-state index in [-0.39, 0.29) is 5.92 Å². The molecule has 0 bridgehead atoms. The average molecular weight is 300 g/mol. The molecule has 2 aliphatic rings. The molecule has 2 rings (SSSR count). The number of likely N-dealkylation sites (tertiary alicyclic amines) is 1. The minimum absolute atomic E-state index is 0.205. The Morgan fingerprint density at radius 2 is 1.68 bits per heavy atom. The summed E-state index contributed by atoms with van der Waals surface area (Å²) < 4.78 is 0. The molecule has 1 aliphatic carbocycles. The Kier molecular flexibility index (Phi) is 6.25. The largest absolute Gasteiger partial charge is 0.358 e. The molecule has 1 heterocycles. The van der Waals surface area contributed by atoms with Gasteiger partial charge >= 0.3 is 0 Å². The number of aliphatic imine (C=N–C) groups is 1. The second-order valence-corrected chi connectivity index (χ2v) is 6.79. The van der Waals surface area contributed by atoms with E-state index < -0.39 is 0 Å². The Morgan fingerprint density at radius 3 is 2.14 bits per heavy atom. The van der Waals surface area contributed by atoms with Crippen LogP contribution in [0.25, 0.3) is 0 Å². The molecule has 4 nitrogen and oxygen atoms in total. The van der Waals surface area contributed by atoms with Crippen LogP contribution < -0.4 is 0 Å². The minimum Gasteiger partial charge on any atom is -0.358 e. The predicted molar refractivity (Wildman–Crippen MR) is 87.9 cm³/mol. The molecule has 3 unspecified atom stereocenters. The molecule has 0 amide bonds. The molecule has 120 valence electrons. The van der Waals surface area contributed by atoms with Gasteiger partial charge in [-0.05, 0) is 49.9 Å². The fraction of sp³-hybridized carbons (Fsp3) is 0.833. The third-order valence-electron chi connectivity index (χ3n) is 5.66. The van der Waals surface area contributed by atoms with Gasteiger partial charge in [-0.1, -0.05) is 26.7 Å². The van der Waals surface area contributed by atoms with Gasteiger partial charge in [0.1, 0.15) is 11.8 Å². The summed E-state index contributed by atoms with van der Waals surface area (Å²) in [6.07, 6.45) is 10.1. The van der Waals surface area contributed by atoms with E-state index in [9.17, 15) is 5.26 Å². The molecule has 1 saturated heterocycles. The predicted octanol–water partition coefficient (Wildman–Crippen LogP) is 3.95. The summed E-state index contributed by atoms with van der Waals surface area (Å²) in [5.74, 6) is 2.38. The van der Waals surface area contributed by atoms with Gasteiger partial charge in [-0.15, -0.1) is 0 Å². The van der Waals surface area contributed by atoms with E-state index >= 15 is 0 Å². The fourth-order valence-corrected chi connectivity index (χ4v) is 4.42. The number of rotatable bonds is 4. The lowest BCUT2D eigenvalue weighted by molar-refractivity contribution is 0.317. The van der Waals surface area contributed by atoms with Crippen LogP contribution in [0.5, 0.6) is 0 Å². The maximum absolute atomic E-state index is 9.77. The molecule has 1 saturated carbocycles. The lowest BCUT2D eigenvalue weighted by Gasteiger charge is -2.32. The van der Waals surface area contributed by atoms with Crippen molar-refractivity contribution in [3.05, 3.63) is 0 Å². The van der Waals surface area contributed by atoms with Gasteiger partial charge < -0.3 is 4.90 Å². The van der Waals surface area contributed by atoms with E-state index in [0.29, 0.717) is 5.92 Å². The highest BCUT2D eigenvalue weighted by atomic mass is 15.2. The zero-order valence-electron chi connectivity index (χ0n) is 14.0.